The van der Waals surface area contributed by atoms with Crippen molar-refractivity contribution in [2.75, 3.05) is 25.0 Å². The number of aromatic nitrogens is 5. The summed E-state index contributed by atoms with van der Waals surface area (Å²) in [7, 11) is 0. The van der Waals surface area contributed by atoms with Crippen molar-refractivity contribution >= 4 is 23.0 Å². The molecule has 0 bridgehead atoms. The lowest BCUT2D eigenvalue weighted by atomic mass is 10.0. The van der Waals surface area contributed by atoms with Gasteiger partial charge in [0.05, 0.1) is 11.2 Å². The first-order valence-electron chi connectivity index (χ1n) is 11.3. The van der Waals surface area contributed by atoms with Crippen LogP contribution < -0.4 is 10.6 Å². The van der Waals surface area contributed by atoms with Gasteiger partial charge in [0.1, 0.15) is 5.52 Å². The van der Waals surface area contributed by atoms with Crippen LogP contribution in [0.4, 0.5) is 10.7 Å². The molecule has 4 heterocycles. The van der Waals surface area contributed by atoms with E-state index in [1.54, 1.807) is 18.5 Å². The number of hydrogen-bond acceptors (Lipinski definition) is 6. The third-order valence-electron chi connectivity index (χ3n) is 5.74. The summed E-state index contributed by atoms with van der Waals surface area (Å²) in [4.78, 5) is 35.7. The predicted molar refractivity (Wildman–Crippen MR) is 132 cm³/mol. The summed E-state index contributed by atoms with van der Waals surface area (Å²) < 4.78 is 0. The maximum absolute atomic E-state index is 12.0. The molecule has 3 aromatic heterocycles. The molecule has 4 aromatic rings. The predicted octanol–water partition coefficient (Wildman–Crippen LogP) is 3.99. The molecule has 34 heavy (non-hydrogen) atoms. The fourth-order valence-electron chi connectivity index (χ4n) is 4.11. The smallest absolute Gasteiger partial charge is 0.321 e. The molecule has 0 saturated carbocycles. The molecule has 0 spiro atoms. The van der Waals surface area contributed by atoms with Gasteiger partial charge >= 0.3 is 6.03 Å². The minimum atomic E-state index is -0.319. The molecule has 5 rings (SSSR count). The van der Waals surface area contributed by atoms with Gasteiger partial charge in [-0.05, 0) is 43.2 Å². The number of H-pyrrole nitrogens is 1. The maximum Gasteiger partial charge on any atom is 0.321 e. The number of rotatable bonds is 6. The van der Waals surface area contributed by atoms with Crippen molar-refractivity contribution in [3.05, 3.63) is 66.8 Å². The molecular formula is C25H26N8O. The number of hydrogen-bond donors (Lipinski definition) is 3. The van der Waals surface area contributed by atoms with Gasteiger partial charge in [-0.3, -0.25) is 15.2 Å². The number of nitrogens with one attached hydrogen (secondary N) is 3. The highest BCUT2D eigenvalue weighted by Crippen LogP contribution is 2.32. The topological polar surface area (TPSA) is 112 Å². The first-order valence-corrected chi connectivity index (χ1v) is 11.3. The Kier molecular flexibility index (Phi) is 6.01. The molecule has 0 atom stereocenters. The van der Waals surface area contributed by atoms with Gasteiger partial charge in [0.15, 0.2) is 5.82 Å². The normalized spacial score (nSPS) is 14.0. The number of carbonyl (C=O) groups is 1. The summed E-state index contributed by atoms with van der Waals surface area (Å²) in [5.41, 5.74) is 6.46. The van der Waals surface area contributed by atoms with Gasteiger partial charge in [0.2, 0.25) is 5.95 Å². The molecule has 2 amide bonds. The zero-order chi connectivity index (χ0) is 23.5. The van der Waals surface area contributed by atoms with Gasteiger partial charge in [-0.25, -0.2) is 19.7 Å². The average Bonchev–Trinajstić information content (AvgIpc) is 3.44. The van der Waals surface area contributed by atoms with E-state index in [0.29, 0.717) is 23.8 Å². The summed E-state index contributed by atoms with van der Waals surface area (Å²) >= 11 is 0. The van der Waals surface area contributed by atoms with Crippen LogP contribution in [0.1, 0.15) is 19.0 Å². The lowest BCUT2D eigenvalue weighted by Gasteiger charge is -2.14. The Bertz CT molecular complexity index is 1330. The van der Waals surface area contributed by atoms with Gasteiger partial charge in [0, 0.05) is 55.9 Å². The largest absolute Gasteiger partial charge is 0.338 e. The van der Waals surface area contributed by atoms with Crippen molar-refractivity contribution < 1.29 is 4.79 Å². The molecule has 172 valence electrons. The number of aromatic amines is 1. The van der Waals surface area contributed by atoms with Crippen molar-refractivity contribution in [3.8, 4) is 22.5 Å². The van der Waals surface area contributed by atoms with Crippen LogP contribution in [0.2, 0.25) is 0 Å². The molecular weight excluding hydrogens is 428 g/mol. The van der Waals surface area contributed by atoms with Crippen LogP contribution in [0.5, 0.6) is 0 Å². The molecule has 3 N–H and O–H groups in total. The fourth-order valence-corrected chi connectivity index (χ4v) is 4.11. The molecule has 1 aromatic carbocycles. The lowest BCUT2D eigenvalue weighted by Crippen LogP contribution is -2.28. The third kappa shape index (κ3) is 4.65. The lowest BCUT2D eigenvalue weighted by molar-refractivity contribution is 0.252. The van der Waals surface area contributed by atoms with E-state index < -0.39 is 0 Å². The zero-order valence-corrected chi connectivity index (χ0v) is 19.0. The minimum absolute atomic E-state index is 0.319. The molecule has 9 heteroatoms. The SMILES string of the molecule is C=C1CCN(Cc2ccc(-c3cc(-c4ncccn4)c4nc(NC(=O)NCC)[nH]c4c3)cn2)C1. The number of likely N-dealkylation sites (tertiary alicyclic amines) is 1. The summed E-state index contributed by atoms with van der Waals surface area (Å²) in [6.07, 6.45) is 6.35. The Morgan fingerprint density at radius 1 is 1.18 bits per heavy atom. The van der Waals surface area contributed by atoms with Crippen LogP contribution in [0, 0.1) is 0 Å². The number of pyridine rings is 1. The Labute approximate surface area is 197 Å². The van der Waals surface area contributed by atoms with Crippen molar-refractivity contribution in [2.24, 2.45) is 0 Å². The van der Waals surface area contributed by atoms with Crippen LogP contribution in [-0.2, 0) is 6.54 Å². The maximum atomic E-state index is 12.0. The molecule has 1 aliphatic rings. The van der Waals surface area contributed by atoms with E-state index in [1.165, 1.54) is 5.57 Å². The van der Waals surface area contributed by atoms with Gasteiger partial charge in [-0.15, -0.1) is 0 Å². The van der Waals surface area contributed by atoms with E-state index in [-0.39, 0.29) is 6.03 Å². The molecule has 1 fully saturated rings. The number of imidazole rings is 1. The van der Waals surface area contributed by atoms with Crippen LogP contribution in [0.25, 0.3) is 33.5 Å². The summed E-state index contributed by atoms with van der Waals surface area (Å²) in [6.45, 7) is 9.25. The number of benzene rings is 1. The van der Waals surface area contributed by atoms with Crippen LogP contribution in [-0.4, -0.2) is 55.5 Å². The van der Waals surface area contributed by atoms with Gasteiger partial charge in [-0.1, -0.05) is 18.2 Å². The van der Waals surface area contributed by atoms with E-state index in [1.807, 2.05) is 25.3 Å². The van der Waals surface area contributed by atoms with E-state index in [4.69, 9.17) is 4.98 Å². The molecule has 9 nitrogen and oxygen atoms in total. The van der Waals surface area contributed by atoms with Crippen LogP contribution >= 0.6 is 0 Å². The highest BCUT2D eigenvalue weighted by atomic mass is 16.2. The standard InChI is InChI=1S/C25H26N8O/c1-3-26-25(34)32-24-30-21-12-18(11-20(22(21)31-24)23-27-8-4-9-28-23)17-5-6-19(29-13-17)15-33-10-7-16(2)14-33/h4-6,8-9,11-13H,2-3,7,10,14-15H2,1H3,(H3,26,30,31,32,34). The summed E-state index contributed by atoms with van der Waals surface area (Å²) in [5.74, 6) is 0.917. The highest BCUT2D eigenvalue weighted by molar-refractivity contribution is 5.97. The molecule has 0 aliphatic carbocycles. The van der Waals surface area contributed by atoms with Crippen molar-refractivity contribution in [3.63, 3.8) is 0 Å². The monoisotopic (exact) mass is 454 g/mol. The van der Waals surface area contributed by atoms with Crippen molar-refractivity contribution in [1.82, 2.24) is 35.1 Å². The van der Waals surface area contributed by atoms with Crippen molar-refractivity contribution in [1.29, 1.82) is 0 Å². The minimum Gasteiger partial charge on any atom is -0.338 e. The summed E-state index contributed by atoms with van der Waals surface area (Å²) in [5, 5.41) is 5.44. The number of nitrogens with zero attached hydrogens (tertiary/aromatic N) is 5. The third-order valence-corrected chi connectivity index (χ3v) is 5.74. The first kappa shape index (κ1) is 21.7. The second kappa shape index (κ2) is 9.40. The first-order chi connectivity index (χ1) is 16.6. The number of carbonyl (C=O) groups excluding carboxylic acids is 1. The van der Waals surface area contributed by atoms with Crippen molar-refractivity contribution in [2.45, 2.75) is 19.9 Å². The number of amides is 2. The van der Waals surface area contributed by atoms with Gasteiger partial charge in [-0.2, -0.15) is 0 Å². The summed E-state index contributed by atoms with van der Waals surface area (Å²) in [6, 6.07) is 9.60. The number of fused-ring (bicyclic) bond motifs is 1. The van der Waals surface area contributed by atoms with E-state index in [9.17, 15) is 4.79 Å². The van der Waals surface area contributed by atoms with Gasteiger partial charge in [0.25, 0.3) is 0 Å². The fraction of sp³-hybridized carbons (Fsp3) is 0.240. The molecule has 1 aliphatic heterocycles. The number of anilines is 1. The number of urea groups is 1. The molecule has 0 unspecified atom stereocenters. The van der Waals surface area contributed by atoms with E-state index in [2.05, 4.69) is 54.2 Å². The zero-order valence-electron chi connectivity index (χ0n) is 19.0. The van der Waals surface area contributed by atoms with Gasteiger partial charge < -0.3 is 10.3 Å². The van der Waals surface area contributed by atoms with Crippen LogP contribution in [0.15, 0.2) is 61.1 Å². The second-order valence-electron chi connectivity index (χ2n) is 8.31. The Morgan fingerprint density at radius 3 is 2.74 bits per heavy atom. The van der Waals surface area contributed by atoms with E-state index in [0.717, 1.165) is 54.0 Å². The second-order valence-corrected chi connectivity index (χ2v) is 8.31. The highest BCUT2D eigenvalue weighted by Gasteiger charge is 2.17. The Balaban J connectivity index is 1.49. The Morgan fingerprint density at radius 2 is 2.03 bits per heavy atom. The van der Waals surface area contributed by atoms with Crippen LogP contribution in [0.3, 0.4) is 0 Å². The Hall–Kier alpha value is -4.11. The molecule has 1 saturated heterocycles. The average molecular weight is 455 g/mol. The molecule has 0 radical (unpaired) electrons. The van der Waals surface area contributed by atoms with E-state index >= 15 is 0 Å². The quantitative estimate of drug-likeness (QED) is 0.380.